The summed E-state index contributed by atoms with van der Waals surface area (Å²) in [6, 6.07) is 8.22. The van der Waals surface area contributed by atoms with E-state index in [2.05, 4.69) is 36.1 Å². The fraction of sp³-hybridized carbons (Fsp3) is 0.526. The molecule has 1 aromatic carbocycles. The lowest BCUT2D eigenvalue weighted by Gasteiger charge is -2.23. The van der Waals surface area contributed by atoms with Gasteiger partial charge in [0.1, 0.15) is 0 Å². The number of pyridine rings is 1. The van der Waals surface area contributed by atoms with Gasteiger partial charge in [0.25, 0.3) is 0 Å². The largest absolute Gasteiger partial charge is 0.309 e. The van der Waals surface area contributed by atoms with Crippen LogP contribution in [0.15, 0.2) is 30.5 Å². The highest BCUT2D eigenvalue weighted by Crippen LogP contribution is 2.35. The third-order valence-electron chi connectivity index (χ3n) is 5.00. The summed E-state index contributed by atoms with van der Waals surface area (Å²) in [6.45, 7) is 1.23. The minimum absolute atomic E-state index is 0.763. The Morgan fingerprint density at radius 3 is 2.82 bits per heavy atom. The normalized spacial score (nSPS) is 21.8. The van der Waals surface area contributed by atoms with Gasteiger partial charge in [-0.3, -0.25) is 4.98 Å². The maximum atomic E-state index is 6.07. The minimum atomic E-state index is 0.763. The van der Waals surface area contributed by atoms with E-state index < -0.39 is 0 Å². The Labute approximate surface area is 138 Å². The molecule has 2 aromatic rings. The second-order valence-electron chi connectivity index (χ2n) is 6.88. The summed E-state index contributed by atoms with van der Waals surface area (Å²) in [5.74, 6) is 1.75. The van der Waals surface area contributed by atoms with Crippen LogP contribution in [0.2, 0.25) is 5.02 Å². The lowest BCUT2D eigenvalue weighted by Crippen LogP contribution is -2.24. The minimum Gasteiger partial charge on any atom is -0.309 e. The maximum absolute atomic E-state index is 6.07. The van der Waals surface area contributed by atoms with E-state index in [0.717, 1.165) is 28.8 Å². The highest BCUT2D eigenvalue weighted by molar-refractivity contribution is 6.31. The number of hydrogen-bond acceptors (Lipinski definition) is 2. The molecular formula is C19H25ClN2. The average Bonchev–Trinajstić information content (AvgIpc) is 2.91. The molecule has 1 aromatic heterocycles. The van der Waals surface area contributed by atoms with Crippen LogP contribution in [0.4, 0.5) is 0 Å². The molecule has 0 spiro atoms. The maximum Gasteiger partial charge on any atom is 0.0719 e. The molecule has 1 saturated carbocycles. The van der Waals surface area contributed by atoms with E-state index in [1.54, 1.807) is 0 Å². The van der Waals surface area contributed by atoms with Crippen LogP contribution in [0.5, 0.6) is 0 Å². The van der Waals surface area contributed by atoms with Gasteiger partial charge in [0, 0.05) is 23.2 Å². The molecule has 0 radical (unpaired) electrons. The highest BCUT2D eigenvalue weighted by atomic mass is 35.5. The van der Waals surface area contributed by atoms with Gasteiger partial charge in [-0.2, -0.15) is 0 Å². The first kappa shape index (κ1) is 15.8. The highest BCUT2D eigenvalue weighted by Gasteiger charge is 2.27. The van der Waals surface area contributed by atoms with Crippen molar-refractivity contribution in [2.24, 2.45) is 11.8 Å². The van der Waals surface area contributed by atoms with Crippen molar-refractivity contribution in [2.75, 3.05) is 20.6 Å². The lowest BCUT2D eigenvalue weighted by molar-refractivity contribution is 0.265. The molecule has 1 aliphatic carbocycles. The molecule has 0 aliphatic heterocycles. The Morgan fingerprint density at radius 2 is 2.00 bits per heavy atom. The second kappa shape index (κ2) is 6.97. The molecule has 22 heavy (non-hydrogen) atoms. The fourth-order valence-corrected chi connectivity index (χ4v) is 4.11. The van der Waals surface area contributed by atoms with Crippen molar-refractivity contribution < 1.29 is 0 Å². The van der Waals surface area contributed by atoms with Crippen LogP contribution < -0.4 is 0 Å². The van der Waals surface area contributed by atoms with Gasteiger partial charge >= 0.3 is 0 Å². The number of aryl methyl sites for hydroxylation is 1. The molecule has 2 atom stereocenters. The van der Waals surface area contributed by atoms with Crippen molar-refractivity contribution in [3.8, 4) is 0 Å². The molecule has 0 N–H and O–H groups in total. The Morgan fingerprint density at radius 1 is 1.18 bits per heavy atom. The van der Waals surface area contributed by atoms with E-state index in [0.29, 0.717) is 0 Å². The van der Waals surface area contributed by atoms with Crippen molar-refractivity contribution in [1.82, 2.24) is 9.88 Å². The molecule has 3 rings (SSSR count). The number of halogens is 1. The van der Waals surface area contributed by atoms with E-state index in [4.69, 9.17) is 11.6 Å². The van der Waals surface area contributed by atoms with E-state index in [-0.39, 0.29) is 0 Å². The quantitative estimate of drug-likeness (QED) is 0.787. The van der Waals surface area contributed by atoms with Gasteiger partial charge in [-0.15, -0.1) is 0 Å². The molecule has 2 unspecified atom stereocenters. The van der Waals surface area contributed by atoms with Crippen molar-refractivity contribution in [3.63, 3.8) is 0 Å². The van der Waals surface area contributed by atoms with Crippen LogP contribution in [-0.2, 0) is 6.42 Å². The third kappa shape index (κ3) is 3.61. The predicted octanol–water partition coefficient (Wildman–Crippen LogP) is 4.80. The number of fused-ring (bicyclic) bond motifs is 1. The topological polar surface area (TPSA) is 16.1 Å². The predicted molar refractivity (Wildman–Crippen MR) is 94.5 cm³/mol. The Bertz CT molecular complexity index is 638. The summed E-state index contributed by atoms with van der Waals surface area (Å²) in [4.78, 5) is 6.79. The molecule has 118 valence electrons. The van der Waals surface area contributed by atoms with E-state index in [9.17, 15) is 0 Å². The average molecular weight is 317 g/mol. The first-order valence-electron chi connectivity index (χ1n) is 8.31. The standard InChI is InChI=1S/C19H25ClN2/c1-22(2)13-16-5-3-4-14(16)6-7-15-10-11-21-19-12-17(20)8-9-18(15)19/h8-12,14,16H,3-7,13H2,1-2H3. The Kier molecular flexibility index (Phi) is 5.00. The summed E-state index contributed by atoms with van der Waals surface area (Å²) in [6.07, 6.45) is 8.55. The zero-order chi connectivity index (χ0) is 15.5. The van der Waals surface area contributed by atoms with Crippen LogP contribution in [0.3, 0.4) is 0 Å². The van der Waals surface area contributed by atoms with Gasteiger partial charge in [-0.25, -0.2) is 0 Å². The molecule has 0 bridgehead atoms. The van der Waals surface area contributed by atoms with Crippen molar-refractivity contribution in [2.45, 2.75) is 32.1 Å². The number of hydrogen-bond donors (Lipinski definition) is 0. The first-order chi connectivity index (χ1) is 10.6. The zero-order valence-electron chi connectivity index (χ0n) is 13.6. The van der Waals surface area contributed by atoms with Gasteiger partial charge in [0.05, 0.1) is 5.52 Å². The second-order valence-corrected chi connectivity index (χ2v) is 7.32. The molecule has 1 fully saturated rings. The molecule has 3 heteroatoms. The van der Waals surface area contributed by atoms with Crippen molar-refractivity contribution in [1.29, 1.82) is 0 Å². The van der Waals surface area contributed by atoms with Gasteiger partial charge in [-0.1, -0.05) is 30.5 Å². The molecular weight excluding hydrogens is 292 g/mol. The smallest absolute Gasteiger partial charge is 0.0719 e. The Balaban J connectivity index is 1.71. The monoisotopic (exact) mass is 316 g/mol. The number of nitrogens with zero attached hydrogens (tertiary/aromatic N) is 2. The summed E-state index contributed by atoms with van der Waals surface area (Å²) in [5, 5.41) is 2.02. The van der Waals surface area contributed by atoms with E-state index in [1.165, 1.54) is 43.2 Å². The molecule has 1 heterocycles. The van der Waals surface area contributed by atoms with Crippen LogP contribution in [0.25, 0.3) is 10.9 Å². The van der Waals surface area contributed by atoms with Gasteiger partial charge in [0.15, 0.2) is 0 Å². The van der Waals surface area contributed by atoms with E-state index >= 15 is 0 Å². The zero-order valence-corrected chi connectivity index (χ0v) is 14.3. The van der Waals surface area contributed by atoms with Gasteiger partial charge in [0.2, 0.25) is 0 Å². The van der Waals surface area contributed by atoms with Crippen molar-refractivity contribution in [3.05, 3.63) is 41.0 Å². The van der Waals surface area contributed by atoms with Crippen LogP contribution in [0, 0.1) is 11.8 Å². The number of benzene rings is 1. The molecule has 0 amide bonds. The molecule has 2 nitrogen and oxygen atoms in total. The van der Waals surface area contributed by atoms with Crippen LogP contribution in [0.1, 0.15) is 31.2 Å². The Hall–Kier alpha value is -1.12. The summed E-state index contributed by atoms with van der Waals surface area (Å²) < 4.78 is 0. The van der Waals surface area contributed by atoms with Crippen molar-refractivity contribution >= 4 is 22.5 Å². The summed E-state index contributed by atoms with van der Waals surface area (Å²) in [5.41, 5.74) is 2.43. The SMILES string of the molecule is CN(C)CC1CCCC1CCc1ccnc2cc(Cl)ccc12. The first-order valence-corrected chi connectivity index (χ1v) is 8.69. The molecule has 1 aliphatic rings. The third-order valence-corrected chi connectivity index (χ3v) is 5.23. The van der Waals surface area contributed by atoms with E-state index in [1.807, 2.05) is 18.3 Å². The van der Waals surface area contributed by atoms with Gasteiger partial charge < -0.3 is 4.90 Å². The molecule has 0 saturated heterocycles. The van der Waals surface area contributed by atoms with Crippen LogP contribution >= 0.6 is 11.6 Å². The van der Waals surface area contributed by atoms with Crippen LogP contribution in [-0.4, -0.2) is 30.5 Å². The number of rotatable bonds is 5. The summed E-state index contributed by atoms with van der Waals surface area (Å²) in [7, 11) is 4.38. The number of aromatic nitrogens is 1. The summed E-state index contributed by atoms with van der Waals surface area (Å²) >= 11 is 6.07. The fourth-order valence-electron chi connectivity index (χ4n) is 3.94. The van der Waals surface area contributed by atoms with Gasteiger partial charge in [-0.05, 0) is 69.0 Å². The lowest BCUT2D eigenvalue weighted by atomic mass is 9.89.